The lowest BCUT2D eigenvalue weighted by Crippen LogP contribution is -2.44. The summed E-state index contributed by atoms with van der Waals surface area (Å²) >= 11 is 1.61. The van der Waals surface area contributed by atoms with Crippen LogP contribution in [0.15, 0.2) is 11.7 Å². The Bertz CT molecular complexity index is 595. The van der Waals surface area contributed by atoms with Crippen LogP contribution in [0.5, 0.6) is 0 Å². The number of hydrogen-bond acceptors (Lipinski definition) is 5. The summed E-state index contributed by atoms with van der Waals surface area (Å²) < 4.78 is 1.02. The number of rotatable bonds is 2. The second kappa shape index (κ2) is 4.53. The molecule has 1 aliphatic rings. The molecule has 94 valence electrons. The van der Waals surface area contributed by atoms with Crippen LogP contribution in [-0.2, 0) is 4.79 Å². The fourth-order valence-corrected chi connectivity index (χ4v) is 3.10. The zero-order chi connectivity index (χ0) is 12.5. The molecular formula is C12H14N4OS. The predicted octanol–water partition coefficient (Wildman–Crippen LogP) is 1.69. The summed E-state index contributed by atoms with van der Waals surface area (Å²) in [5.74, 6) is 0.821. The third-order valence-corrected chi connectivity index (χ3v) is 4.22. The van der Waals surface area contributed by atoms with Gasteiger partial charge in [-0.1, -0.05) is 0 Å². The fraction of sp³-hybridized carbons (Fsp3) is 0.417. The highest BCUT2D eigenvalue weighted by atomic mass is 32.1. The first-order valence-electron chi connectivity index (χ1n) is 5.99. The molecule has 1 aliphatic heterocycles. The molecule has 2 N–H and O–H groups in total. The first-order valence-corrected chi connectivity index (χ1v) is 6.87. The van der Waals surface area contributed by atoms with Crippen LogP contribution in [0.2, 0.25) is 0 Å². The van der Waals surface area contributed by atoms with Crippen molar-refractivity contribution in [1.29, 1.82) is 0 Å². The molecule has 3 rings (SSSR count). The van der Waals surface area contributed by atoms with E-state index in [0.717, 1.165) is 41.0 Å². The SMILES string of the molecule is Cc1csc2c(NC3CCCNC3=O)ncnc12. The molecule has 2 aromatic heterocycles. The summed E-state index contributed by atoms with van der Waals surface area (Å²) in [5, 5.41) is 8.16. The molecule has 3 heterocycles. The lowest BCUT2D eigenvalue weighted by molar-refractivity contribution is -0.123. The number of fused-ring (bicyclic) bond motifs is 1. The quantitative estimate of drug-likeness (QED) is 0.864. The van der Waals surface area contributed by atoms with Gasteiger partial charge < -0.3 is 10.6 Å². The summed E-state index contributed by atoms with van der Waals surface area (Å²) in [4.78, 5) is 20.3. The van der Waals surface area contributed by atoms with Crippen molar-refractivity contribution >= 4 is 33.3 Å². The largest absolute Gasteiger partial charge is 0.357 e. The van der Waals surface area contributed by atoms with Crippen LogP contribution >= 0.6 is 11.3 Å². The van der Waals surface area contributed by atoms with E-state index in [9.17, 15) is 4.79 Å². The Hall–Kier alpha value is -1.69. The van der Waals surface area contributed by atoms with Crippen molar-refractivity contribution < 1.29 is 4.79 Å². The van der Waals surface area contributed by atoms with Gasteiger partial charge in [-0.15, -0.1) is 11.3 Å². The fourth-order valence-electron chi connectivity index (χ4n) is 2.15. The lowest BCUT2D eigenvalue weighted by atomic mass is 10.1. The number of anilines is 1. The second-order valence-electron chi connectivity index (χ2n) is 4.45. The molecule has 1 atom stereocenters. The van der Waals surface area contributed by atoms with Gasteiger partial charge in [0.05, 0.1) is 10.2 Å². The summed E-state index contributed by atoms with van der Waals surface area (Å²) in [6.07, 6.45) is 3.40. The molecular weight excluding hydrogens is 248 g/mol. The van der Waals surface area contributed by atoms with Gasteiger partial charge in [0.25, 0.3) is 0 Å². The van der Waals surface area contributed by atoms with E-state index in [1.807, 2.05) is 6.92 Å². The molecule has 1 saturated heterocycles. The molecule has 2 aromatic rings. The highest BCUT2D eigenvalue weighted by molar-refractivity contribution is 7.18. The molecule has 5 nitrogen and oxygen atoms in total. The molecule has 1 amide bonds. The Morgan fingerprint density at radius 1 is 1.50 bits per heavy atom. The van der Waals surface area contributed by atoms with Crippen LogP contribution in [0.25, 0.3) is 10.2 Å². The second-order valence-corrected chi connectivity index (χ2v) is 5.33. The molecule has 0 spiro atoms. The number of hydrogen-bond donors (Lipinski definition) is 2. The standard InChI is InChI=1S/C12H14N4OS/c1-7-5-18-10-9(7)14-6-15-11(10)16-8-3-2-4-13-12(8)17/h5-6,8H,2-4H2,1H3,(H,13,17)(H,14,15,16). The van der Waals surface area contributed by atoms with Crippen molar-refractivity contribution in [3.63, 3.8) is 0 Å². The van der Waals surface area contributed by atoms with Crippen molar-refractivity contribution in [2.45, 2.75) is 25.8 Å². The zero-order valence-corrected chi connectivity index (χ0v) is 10.9. The Balaban J connectivity index is 1.92. The molecule has 0 saturated carbocycles. The van der Waals surface area contributed by atoms with E-state index in [1.165, 1.54) is 0 Å². The minimum atomic E-state index is -0.181. The number of amides is 1. The highest BCUT2D eigenvalue weighted by Gasteiger charge is 2.23. The zero-order valence-electron chi connectivity index (χ0n) is 10.1. The van der Waals surface area contributed by atoms with Crippen molar-refractivity contribution in [2.24, 2.45) is 0 Å². The predicted molar refractivity (Wildman–Crippen MR) is 71.8 cm³/mol. The number of aryl methyl sites for hydroxylation is 1. The maximum Gasteiger partial charge on any atom is 0.242 e. The van der Waals surface area contributed by atoms with Crippen LogP contribution in [0.3, 0.4) is 0 Å². The van der Waals surface area contributed by atoms with Gasteiger partial charge in [0.2, 0.25) is 5.91 Å². The lowest BCUT2D eigenvalue weighted by Gasteiger charge is -2.23. The van der Waals surface area contributed by atoms with E-state index in [4.69, 9.17) is 0 Å². The van der Waals surface area contributed by atoms with Crippen molar-refractivity contribution in [2.75, 3.05) is 11.9 Å². The topological polar surface area (TPSA) is 66.9 Å². The average Bonchev–Trinajstić information content (AvgIpc) is 2.76. The number of nitrogens with one attached hydrogen (secondary N) is 2. The van der Waals surface area contributed by atoms with Gasteiger partial charge in [-0.05, 0) is 30.7 Å². The Kier molecular flexibility index (Phi) is 2.87. The van der Waals surface area contributed by atoms with Gasteiger partial charge in [0.15, 0.2) is 0 Å². The highest BCUT2D eigenvalue weighted by Crippen LogP contribution is 2.29. The normalized spacial score (nSPS) is 19.8. The van der Waals surface area contributed by atoms with Crippen molar-refractivity contribution in [1.82, 2.24) is 15.3 Å². The van der Waals surface area contributed by atoms with E-state index in [1.54, 1.807) is 17.7 Å². The van der Waals surface area contributed by atoms with E-state index in [-0.39, 0.29) is 11.9 Å². The van der Waals surface area contributed by atoms with E-state index in [0.29, 0.717) is 0 Å². The average molecular weight is 262 g/mol. The van der Waals surface area contributed by atoms with E-state index in [2.05, 4.69) is 26.0 Å². The van der Waals surface area contributed by atoms with Crippen LogP contribution in [0, 0.1) is 6.92 Å². The number of aromatic nitrogens is 2. The Morgan fingerprint density at radius 3 is 3.22 bits per heavy atom. The van der Waals surface area contributed by atoms with Gasteiger partial charge >= 0.3 is 0 Å². The molecule has 1 fully saturated rings. The van der Waals surface area contributed by atoms with Gasteiger partial charge in [-0.2, -0.15) is 0 Å². The Labute approximate surface area is 109 Å². The molecule has 0 aromatic carbocycles. The first kappa shape index (κ1) is 11.4. The third kappa shape index (κ3) is 1.92. The van der Waals surface area contributed by atoms with E-state index >= 15 is 0 Å². The van der Waals surface area contributed by atoms with Crippen LogP contribution < -0.4 is 10.6 Å². The maximum atomic E-state index is 11.7. The molecule has 0 bridgehead atoms. The van der Waals surface area contributed by atoms with Crippen molar-refractivity contribution in [3.05, 3.63) is 17.3 Å². The molecule has 0 aliphatic carbocycles. The number of thiophene rings is 1. The van der Waals surface area contributed by atoms with Crippen LogP contribution in [0.4, 0.5) is 5.82 Å². The Morgan fingerprint density at radius 2 is 2.39 bits per heavy atom. The summed E-state index contributed by atoms with van der Waals surface area (Å²) in [6, 6.07) is -0.181. The summed E-state index contributed by atoms with van der Waals surface area (Å²) in [5.41, 5.74) is 2.11. The van der Waals surface area contributed by atoms with Gasteiger partial charge in [-0.3, -0.25) is 4.79 Å². The minimum absolute atomic E-state index is 0.0568. The number of nitrogens with zero attached hydrogens (tertiary/aromatic N) is 2. The van der Waals surface area contributed by atoms with Gasteiger partial charge in [0.1, 0.15) is 18.2 Å². The molecule has 6 heteroatoms. The third-order valence-electron chi connectivity index (χ3n) is 3.13. The van der Waals surface area contributed by atoms with Crippen molar-refractivity contribution in [3.8, 4) is 0 Å². The van der Waals surface area contributed by atoms with Gasteiger partial charge in [-0.25, -0.2) is 9.97 Å². The molecule has 1 unspecified atom stereocenters. The summed E-state index contributed by atoms with van der Waals surface area (Å²) in [7, 11) is 0. The van der Waals surface area contributed by atoms with Gasteiger partial charge in [0, 0.05) is 6.54 Å². The minimum Gasteiger partial charge on any atom is -0.357 e. The first-order chi connectivity index (χ1) is 8.75. The van der Waals surface area contributed by atoms with Crippen LogP contribution in [-0.4, -0.2) is 28.5 Å². The van der Waals surface area contributed by atoms with Crippen LogP contribution in [0.1, 0.15) is 18.4 Å². The van der Waals surface area contributed by atoms with E-state index < -0.39 is 0 Å². The smallest absolute Gasteiger partial charge is 0.242 e. The number of carbonyl (C=O) groups excluding carboxylic acids is 1. The summed E-state index contributed by atoms with van der Waals surface area (Å²) in [6.45, 7) is 2.80. The number of carbonyl (C=O) groups is 1. The molecule has 0 radical (unpaired) electrons. The monoisotopic (exact) mass is 262 g/mol. The molecule has 18 heavy (non-hydrogen) atoms. The maximum absolute atomic E-state index is 11.7. The number of piperidine rings is 1.